The van der Waals surface area contributed by atoms with Gasteiger partial charge in [0.2, 0.25) is 0 Å². The molecule has 27 heavy (non-hydrogen) atoms. The van der Waals surface area contributed by atoms with E-state index in [1.54, 1.807) is 0 Å². The van der Waals surface area contributed by atoms with E-state index in [9.17, 15) is 9.59 Å². The fourth-order valence-corrected chi connectivity index (χ4v) is 4.32. The molecule has 3 atom stereocenters. The third-order valence-corrected chi connectivity index (χ3v) is 5.99. The predicted molar refractivity (Wildman–Crippen MR) is 99.6 cm³/mol. The van der Waals surface area contributed by atoms with Crippen LogP contribution in [0.25, 0.3) is 0 Å². The minimum atomic E-state index is -0.970. The van der Waals surface area contributed by atoms with Gasteiger partial charge in [0.15, 0.2) is 6.00 Å². The highest BCUT2D eigenvalue weighted by atomic mass is 16.7. The van der Waals surface area contributed by atoms with Crippen LogP contribution in [0.2, 0.25) is 0 Å². The van der Waals surface area contributed by atoms with Gasteiger partial charge in [0, 0.05) is 6.04 Å². The number of hydrogen-bond donors (Lipinski definition) is 0. The van der Waals surface area contributed by atoms with Gasteiger partial charge in [0.1, 0.15) is 6.10 Å². The molecule has 3 fully saturated rings. The van der Waals surface area contributed by atoms with Crippen molar-refractivity contribution in [3.05, 3.63) is 35.9 Å². The number of carbonyl (C=O) groups excluding carboxylic acids is 2. The number of ether oxygens (including phenoxy) is 1. The normalized spacial score (nSPS) is 28.7. The zero-order valence-corrected chi connectivity index (χ0v) is 15.7. The van der Waals surface area contributed by atoms with Gasteiger partial charge in [-0.3, -0.25) is 14.5 Å². The lowest BCUT2D eigenvalue weighted by Gasteiger charge is -2.36. The Hall–Kier alpha value is -1.86. The summed E-state index contributed by atoms with van der Waals surface area (Å²) in [6, 6.07) is 9.41. The van der Waals surface area contributed by atoms with Crippen LogP contribution in [0.15, 0.2) is 30.3 Å². The summed E-state index contributed by atoms with van der Waals surface area (Å²) < 4.78 is 16.5. The maximum atomic E-state index is 12.4. The molecule has 1 aromatic rings. The molecular weight excluding hydrogens is 345 g/mol. The second-order valence-electron chi connectivity index (χ2n) is 7.82. The summed E-state index contributed by atoms with van der Waals surface area (Å²) in [5.74, 6) is -0.209. The summed E-state index contributed by atoms with van der Waals surface area (Å²) in [6.07, 6.45) is 5.82. The second-order valence-corrected chi connectivity index (χ2v) is 7.82. The van der Waals surface area contributed by atoms with E-state index in [1.165, 1.54) is 19.3 Å². The summed E-state index contributed by atoms with van der Waals surface area (Å²) in [7, 11) is -0.970. The minimum Gasteiger partial charge on any atom is -0.496 e. The standard InChI is InChI=1S/C20H26BNO5/c1-14(15-8-4-2-5-9-15)22-12-17(23)26-21(27-18(24)13-22)20-19(25-20)16-10-6-3-7-11-16/h3,6-7,10-11,14-15,19-20H,2,4-5,8-9,12-13H2,1H3. The molecule has 1 saturated carbocycles. The van der Waals surface area contributed by atoms with E-state index in [1.807, 2.05) is 35.2 Å². The van der Waals surface area contributed by atoms with Gasteiger partial charge in [-0.15, -0.1) is 0 Å². The molecule has 1 aliphatic carbocycles. The molecule has 0 amide bonds. The Balaban J connectivity index is 1.38. The number of hydrogen-bond acceptors (Lipinski definition) is 6. The van der Waals surface area contributed by atoms with Crippen LogP contribution in [-0.4, -0.2) is 49.1 Å². The van der Waals surface area contributed by atoms with Gasteiger partial charge in [-0.25, -0.2) is 0 Å². The molecule has 3 aliphatic rings. The van der Waals surface area contributed by atoms with Gasteiger partial charge < -0.3 is 14.0 Å². The van der Waals surface area contributed by atoms with Gasteiger partial charge >= 0.3 is 19.1 Å². The fraction of sp³-hybridized carbons (Fsp3) is 0.600. The first kappa shape index (κ1) is 18.5. The van der Waals surface area contributed by atoms with Gasteiger partial charge in [-0.05, 0) is 31.2 Å². The van der Waals surface area contributed by atoms with Crippen LogP contribution < -0.4 is 0 Å². The zero-order chi connectivity index (χ0) is 18.8. The van der Waals surface area contributed by atoms with E-state index in [0.29, 0.717) is 5.92 Å². The highest BCUT2D eigenvalue weighted by molar-refractivity contribution is 6.51. The van der Waals surface area contributed by atoms with E-state index in [4.69, 9.17) is 14.0 Å². The zero-order valence-electron chi connectivity index (χ0n) is 15.7. The van der Waals surface area contributed by atoms with Crippen LogP contribution in [0.5, 0.6) is 0 Å². The molecule has 7 heteroatoms. The molecule has 1 aromatic carbocycles. The number of carbonyl (C=O) groups is 2. The Bertz CT molecular complexity index is 658. The maximum Gasteiger partial charge on any atom is 0.632 e. The van der Waals surface area contributed by atoms with E-state index in [0.717, 1.165) is 18.4 Å². The molecule has 2 aliphatic heterocycles. The lowest BCUT2D eigenvalue weighted by Crippen LogP contribution is -2.50. The molecule has 0 N–H and O–H groups in total. The number of rotatable bonds is 4. The van der Waals surface area contributed by atoms with Crippen molar-refractivity contribution < 1.29 is 23.6 Å². The van der Waals surface area contributed by atoms with Crippen LogP contribution in [0, 0.1) is 5.92 Å². The summed E-state index contributed by atoms with van der Waals surface area (Å²) in [5, 5.41) is 0. The van der Waals surface area contributed by atoms with E-state index in [-0.39, 0.29) is 37.2 Å². The molecular formula is C20H26BNO5. The first-order valence-electron chi connectivity index (χ1n) is 9.95. The number of nitrogens with zero attached hydrogens (tertiary/aromatic N) is 1. The van der Waals surface area contributed by atoms with E-state index < -0.39 is 13.1 Å². The Morgan fingerprint density at radius 2 is 1.63 bits per heavy atom. The smallest absolute Gasteiger partial charge is 0.496 e. The Kier molecular flexibility index (Phi) is 5.50. The molecule has 0 spiro atoms. The molecule has 0 bridgehead atoms. The van der Waals surface area contributed by atoms with Crippen LogP contribution in [0.4, 0.5) is 0 Å². The van der Waals surface area contributed by atoms with Crippen molar-refractivity contribution in [2.24, 2.45) is 5.92 Å². The van der Waals surface area contributed by atoms with Gasteiger partial charge in [0.25, 0.3) is 0 Å². The lowest BCUT2D eigenvalue weighted by molar-refractivity contribution is -0.148. The van der Waals surface area contributed by atoms with Crippen LogP contribution in [-0.2, 0) is 23.6 Å². The third-order valence-electron chi connectivity index (χ3n) is 5.99. The van der Waals surface area contributed by atoms with Crippen molar-refractivity contribution in [1.82, 2.24) is 4.90 Å². The van der Waals surface area contributed by atoms with Crippen molar-refractivity contribution in [2.45, 2.75) is 57.2 Å². The second kappa shape index (κ2) is 8.03. The molecule has 0 aromatic heterocycles. The highest BCUT2D eigenvalue weighted by Crippen LogP contribution is 2.41. The molecule has 2 saturated heterocycles. The maximum absolute atomic E-state index is 12.4. The quantitative estimate of drug-likeness (QED) is 0.599. The highest BCUT2D eigenvalue weighted by Gasteiger charge is 2.56. The lowest BCUT2D eigenvalue weighted by atomic mass is 9.80. The molecule has 4 rings (SSSR count). The topological polar surface area (TPSA) is 68.4 Å². The number of epoxide rings is 1. The Morgan fingerprint density at radius 1 is 1.00 bits per heavy atom. The molecule has 6 nitrogen and oxygen atoms in total. The first-order chi connectivity index (χ1) is 13.1. The number of benzene rings is 1. The van der Waals surface area contributed by atoms with Crippen molar-refractivity contribution in [1.29, 1.82) is 0 Å². The van der Waals surface area contributed by atoms with Crippen molar-refractivity contribution in [2.75, 3.05) is 13.1 Å². The van der Waals surface area contributed by atoms with Crippen LogP contribution in [0.3, 0.4) is 0 Å². The van der Waals surface area contributed by atoms with Crippen molar-refractivity contribution in [3.8, 4) is 0 Å². The summed E-state index contributed by atoms with van der Waals surface area (Å²) >= 11 is 0. The molecule has 144 valence electrons. The molecule has 2 heterocycles. The fourth-order valence-electron chi connectivity index (χ4n) is 4.32. The average Bonchev–Trinajstić information content (AvgIpc) is 3.47. The van der Waals surface area contributed by atoms with Gasteiger partial charge in [-0.2, -0.15) is 0 Å². The average molecular weight is 371 g/mol. The Morgan fingerprint density at radius 3 is 2.26 bits per heavy atom. The molecule has 3 unspecified atom stereocenters. The SMILES string of the molecule is CC(C1CCCCC1)N1CC(=O)OB(C2OC2c2ccccc2)OC(=O)C1. The monoisotopic (exact) mass is 371 g/mol. The van der Waals surface area contributed by atoms with Crippen molar-refractivity contribution >= 4 is 19.1 Å². The summed E-state index contributed by atoms with van der Waals surface area (Å²) in [6.45, 7) is 2.34. The van der Waals surface area contributed by atoms with Crippen molar-refractivity contribution in [3.63, 3.8) is 0 Å². The predicted octanol–water partition coefficient (Wildman–Crippen LogP) is 2.52. The third kappa shape index (κ3) is 4.35. The first-order valence-corrected chi connectivity index (χ1v) is 9.95. The van der Waals surface area contributed by atoms with Crippen LogP contribution >= 0.6 is 0 Å². The van der Waals surface area contributed by atoms with E-state index in [2.05, 4.69) is 6.92 Å². The Labute approximate surface area is 160 Å². The largest absolute Gasteiger partial charge is 0.632 e. The summed E-state index contributed by atoms with van der Waals surface area (Å²) in [5.41, 5.74) is 0.990. The minimum absolute atomic E-state index is 0.117. The van der Waals surface area contributed by atoms with Gasteiger partial charge in [-0.1, -0.05) is 49.6 Å². The van der Waals surface area contributed by atoms with E-state index >= 15 is 0 Å². The summed E-state index contributed by atoms with van der Waals surface area (Å²) in [4.78, 5) is 26.7. The molecule has 0 radical (unpaired) electrons. The van der Waals surface area contributed by atoms with Crippen LogP contribution in [0.1, 0.15) is 50.7 Å². The van der Waals surface area contributed by atoms with Gasteiger partial charge in [0.05, 0.1) is 13.1 Å².